The van der Waals surface area contributed by atoms with Crippen molar-refractivity contribution in [3.05, 3.63) is 78.2 Å². The number of benzene rings is 2. The molecule has 148 valence electrons. The van der Waals surface area contributed by atoms with Crippen molar-refractivity contribution < 1.29 is 4.74 Å². The molecule has 1 fully saturated rings. The molecule has 0 unspecified atom stereocenters. The molecular weight excluding hydrogens is 360 g/mol. The van der Waals surface area contributed by atoms with Crippen LogP contribution in [-0.4, -0.2) is 39.9 Å². The molecule has 29 heavy (non-hydrogen) atoms. The van der Waals surface area contributed by atoms with Crippen molar-refractivity contribution in [2.75, 3.05) is 20.2 Å². The highest BCUT2D eigenvalue weighted by molar-refractivity contribution is 5.85. The molecule has 3 heterocycles. The number of aromatic amines is 1. The molecule has 0 amide bonds. The van der Waals surface area contributed by atoms with E-state index < -0.39 is 0 Å². The molecular formula is C24H26N4O. The molecule has 1 aliphatic heterocycles. The minimum atomic E-state index is 0.606. The molecule has 5 heteroatoms. The summed E-state index contributed by atoms with van der Waals surface area (Å²) in [5.41, 5.74) is 5.09. The maximum absolute atomic E-state index is 5.42. The van der Waals surface area contributed by atoms with Crippen LogP contribution in [0.1, 0.15) is 29.9 Å². The van der Waals surface area contributed by atoms with Crippen molar-refractivity contribution in [1.29, 1.82) is 0 Å². The molecule has 5 rings (SSSR count). The van der Waals surface area contributed by atoms with E-state index >= 15 is 0 Å². The van der Waals surface area contributed by atoms with Crippen LogP contribution in [0.3, 0.4) is 0 Å². The van der Waals surface area contributed by atoms with Crippen LogP contribution in [0.4, 0.5) is 0 Å². The Hall–Kier alpha value is -3.05. The highest BCUT2D eigenvalue weighted by Gasteiger charge is 2.23. The van der Waals surface area contributed by atoms with E-state index in [1.54, 1.807) is 7.11 Å². The second-order valence-corrected chi connectivity index (χ2v) is 7.82. The van der Waals surface area contributed by atoms with Crippen LogP contribution in [0, 0.1) is 0 Å². The number of ether oxygens (including phenoxy) is 1. The third-order valence-corrected chi connectivity index (χ3v) is 6.06. The summed E-state index contributed by atoms with van der Waals surface area (Å²) in [5, 5.41) is 5.60. The van der Waals surface area contributed by atoms with Gasteiger partial charge in [0.1, 0.15) is 5.75 Å². The lowest BCUT2D eigenvalue weighted by atomic mass is 9.89. The molecule has 1 N–H and O–H groups in total. The number of aromatic nitrogens is 3. The molecule has 1 aliphatic rings. The highest BCUT2D eigenvalue weighted by Crippen LogP contribution is 2.35. The predicted octanol–water partition coefficient (Wildman–Crippen LogP) is 4.74. The van der Waals surface area contributed by atoms with E-state index in [1.165, 1.54) is 34.9 Å². The predicted molar refractivity (Wildman–Crippen MR) is 116 cm³/mol. The molecule has 0 atom stereocenters. The molecule has 0 radical (unpaired) electrons. The maximum atomic E-state index is 5.42. The Labute approximate surface area is 170 Å². The van der Waals surface area contributed by atoms with Gasteiger partial charge in [0.15, 0.2) is 0 Å². The van der Waals surface area contributed by atoms with Crippen LogP contribution in [-0.2, 0) is 6.54 Å². The fourth-order valence-electron chi connectivity index (χ4n) is 4.42. The summed E-state index contributed by atoms with van der Waals surface area (Å²) in [6, 6.07) is 17.0. The summed E-state index contributed by atoms with van der Waals surface area (Å²) in [6.45, 7) is 3.26. The van der Waals surface area contributed by atoms with Crippen molar-refractivity contribution in [3.63, 3.8) is 0 Å². The number of fused-ring (bicyclic) bond motifs is 1. The SMILES string of the molecule is COc1ccc2[nH]cc(C3CCN(Cc4ccc(-n5cccn5)cc4)CC3)c2c1. The van der Waals surface area contributed by atoms with Crippen molar-refractivity contribution in [2.24, 2.45) is 0 Å². The molecule has 1 saturated heterocycles. The maximum Gasteiger partial charge on any atom is 0.119 e. The fourth-order valence-corrected chi connectivity index (χ4v) is 4.42. The van der Waals surface area contributed by atoms with Crippen LogP contribution < -0.4 is 4.74 Å². The Kier molecular flexibility index (Phi) is 4.82. The van der Waals surface area contributed by atoms with Gasteiger partial charge in [-0.05, 0) is 79.4 Å². The van der Waals surface area contributed by atoms with Gasteiger partial charge in [0.2, 0.25) is 0 Å². The quantitative estimate of drug-likeness (QED) is 0.539. The number of methoxy groups -OCH3 is 1. The second-order valence-electron chi connectivity index (χ2n) is 7.82. The zero-order valence-electron chi connectivity index (χ0n) is 16.7. The van der Waals surface area contributed by atoms with Crippen molar-refractivity contribution in [2.45, 2.75) is 25.3 Å². The lowest BCUT2D eigenvalue weighted by molar-refractivity contribution is 0.205. The van der Waals surface area contributed by atoms with E-state index in [4.69, 9.17) is 4.74 Å². The van der Waals surface area contributed by atoms with Gasteiger partial charge in [0.25, 0.3) is 0 Å². The number of likely N-dealkylation sites (tertiary alicyclic amines) is 1. The lowest BCUT2D eigenvalue weighted by Gasteiger charge is -2.32. The number of hydrogen-bond acceptors (Lipinski definition) is 3. The first-order valence-corrected chi connectivity index (χ1v) is 10.3. The van der Waals surface area contributed by atoms with E-state index in [-0.39, 0.29) is 0 Å². The lowest BCUT2D eigenvalue weighted by Crippen LogP contribution is -2.32. The van der Waals surface area contributed by atoms with Crippen LogP contribution in [0.2, 0.25) is 0 Å². The molecule has 0 saturated carbocycles. The minimum absolute atomic E-state index is 0.606. The summed E-state index contributed by atoms with van der Waals surface area (Å²) in [4.78, 5) is 5.99. The van der Waals surface area contributed by atoms with Crippen LogP contribution in [0.25, 0.3) is 16.6 Å². The molecule has 4 aromatic rings. The molecule has 2 aromatic heterocycles. The summed E-state index contributed by atoms with van der Waals surface area (Å²) >= 11 is 0. The van der Waals surface area contributed by atoms with Gasteiger partial charge in [-0.3, -0.25) is 4.90 Å². The third kappa shape index (κ3) is 3.66. The topological polar surface area (TPSA) is 46.1 Å². The second kappa shape index (κ2) is 7.76. The van der Waals surface area contributed by atoms with E-state index in [1.807, 2.05) is 29.2 Å². The van der Waals surface area contributed by atoms with Gasteiger partial charge in [-0.1, -0.05) is 12.1 Å². The van der Waals surface area contributed by atoms with E-state index in [0.29, 0.717) is 5.92 Å². The first-order valence-electron chi connectivity index (χ1n) is 10.3. The fraction of sp³-hybridized carbons (Fsp3) is 0.292. The van der Waals surface area contributed by atoms with Gasteiger partial charge in [-0.25, -0.2) is 4.68 Å². The third-order valence-electron chi connectivity index (χ3n) is 6.06. The number of nitrogens with zero attached hydrogens (tertiary/aromatic N) is 3. The first kappa shape index (κ1) is 18.0. The van der Waals surface area contributed by atoms with E-state index in [9.17, 15) is 0 Å². The Morgan fingerprint density at radius 1 is 1.10 bits per heavy atom. The van der Waals surface area contributed by atoms with Crippen LogP contribution >= 0.6 is 0 Å². The first-order chi connectivity index (χ1) is 14.3. The van der Waals surface area contributed by atoms with Crippen molar-refractivity contribution >= 4 is 10.9 Å². The van der Waals surface area contributed by atoms with Gasteiger partial charge in [-0.2, -0.15) is 5.10 Å². The standard InChI is InChI=1S/C24H26N4O/c1-29-21-7-8-24-22(15-21)23(16-25-24)19-9-13-27(14-10-19)17-18-3-5-20(6-4-18)28-12-2-11-26-28/h2-8,11-12,15-16,19,25H,9-10,13-14,17H2,1H3. The van der Waals surface area contributed by atoms with Gasteiger partial charge >= 0.3 is 0 Å². The highest BCUT2D eigenvalue weighted by atomic mass is 16.5. The van der Waals surface area contributed by atoms with Gasteiger partial charge in [0, 0.05) is 36.0 Å². The van der Waals surface area contributed by atoms with Crippen molar-refractivity contribution in [1.82, 2.24) is 19.7 Å². The Bertz CT molecular complexity index is 1070. The minimum Gasteiger partial charge on any atom is -0.497 e. The molecule has 0 aliphatic carbocycles. The molecule has 0 spiro atoms. The number of H-pyrrole nitrogens is 1. The Morgan fingerprint density at radius 2 is 1.93 bits per heavy atom. The smallest absolute Gasteiger partial charge is 0.119 e. The van der Waals surface area contributed by atoms with Gasteiger partial charge < -0.3 is 9.72 Å². The average molecular weight is 386 g/mol. The summed E-state index contributed by atoms with van der Waals surface area (Å²) in [6.07, 6.45) is 8.35. The Balaban J connectivity index is 1.23. The number of nitrogens with one attached hydrogen (secondary N) is 1. The molecule has 2 aromatic carbocycles. The summed E-state index contributed by atoms with van der Waals surface area (Å²) in [7, 11) is 1.73. The summed E-state index contributed by atoms with van der Waals surface area (Å²) in [5.74, 6) is 1.53. The number of hydrogen-bond donors (Lipinski definition) is 1. The van der Waals surface area contributed by atoms with Crippen LogP contribution in [0.5, 0.6) is 5.75 Å². The van der Waals surface area contributed by atoms with Gasteiger partial charge in [-0.15, -0.1) is 0 Å². The van der Waals surface area contributed by atoms with Gasteiger partial charge in [0.05, 0.1) is 12.8 Å². The van der Waals surface area contributed by atoms with Crippen molar-refractivity contribution in [3.8, 4) is 11.4 Å². The normalized spacial score (nSPS) is 15.8. The zero-order valence-corrected chi connectivity index (χ0v) is 16.7. The monoisotopic (exact) mass is 386 g/mol. The Morgan fingerprint density at radius 3 is 2.66 bits per heavy atom. The summed E-state index contributed by atoms with van der Waals surface area (Å²) < 4.78 is 7.32. The largest absolute Gasteiger partial charge is 0.497 e. The van der Waals surface area contributed by atoms with Crippen LogP contribution in [0.15, 0.2) is 67.1 Å². The van der Waals surface area contributed by atoms with E-state index in [2.05, 4.69) is 57.6 Å². The average Bonchev–Trinajstić information content (AvgIpc) is 3.45. The number of piperidine rings is 1. The molecule has 0 bridgehead atoms. The number of rotatable bonds is 5. The zero-order chi connectivity index (χ0) is 19.6. The molecule has 5 nitrogen and oxygen atoms in total. The van der Waals surface area contributed by atoms with E-state index in [0.717, 1.165) is 31.1 Å².